The molecule has 2 heterocycles. The highest BCUT2D eigenvalue weighted by Crippen LogP contribution is 2.30. The van der Waals surface area contributed by atoms with Crippen LogP contribution < -0.4 is 10.2 Å². The van der Waals surface area contributed by atoms with E-state index < -0.39 is 0 Å². The second-order valence-corrected chi connectivity index (χ2v) is 4.59. The van der Waals surface area contributed by atoms with Gasteiger partial charge in [0.15, 0.2) is 0 Å². The van der Waals surface area contributed by atoms with Gasteiger partial charge in [-0.3, -0.25) is 0 Å². The summed E-state index contributed by atoms with van der Waals surface area (Å²) in [5.41, 5.74) is 2.93. The highest BCUT2D eigenvalue weighted by molar-refractivity contribution is 5.62. The quantitative estimate of drug-likeness (QED) is 0.807. The van der Waals surface area contributed by atoms with Gasteiger partial charge in [-0.2, -0.15) is 0 Å². The predicted molar refractivity (Wildman–Crippen MR) is 66.2 cm³/mol. The minimum atomic E-state index is -0.125. The molecule has 1 fully saturated rings. The Morgan fingerprint density at radius 1 is 1.24 bits per heavy atom. The molecule has 1 aromatic rings. The van der Waals surface area contributed by atoms with Crippen LogP contribution in [0.4, 0.5) is 15.8 Å². The van der Waals surface area contributed by atoms with Crippen molar-refractivity contribution in [1.29, 1.82) is 0 Å². The van der Waals surface area contributed by atoms with Crippen molar-refractivity contribution in [2.24, 2.45) is 0 Å². The lowest BCUT2D eigenvalue weighted by Crippen LogP contribution is -2.37. The topological polar surface area (TPSA) is 24.5 Å². The number of benzene rings is 1. The highest BCUT2D eigenvalue weighted by atomic mass is 19.1. The molecule has 3 nitrogen and oxygen atoms in total. The lowest BCUT2D eigenvalue weighted by Gasteiger charge is -2.30. The van der Waals surface area contributed by atoms with Crippen LogP contribution in [-0.4, -0.2) is 32.8 Å². The molecule has 2 aliphatic heterocycles. The number of rotatable bonds is 1. The number of nitrogens with one attached hydrogen (secondary N) is 1. The van der Waals surface area contributed by atoms with Gasteiger partial charge in [0.1, 0.15) is 5.82 Å². The van der Waals surface area contributed by atoms with Gasteiger partial charge >= 0.3 is 0 Å². The molecular formula is C13H17FN2O. The summed E-state index contributed by atoms with van der Waals surface area (Å²) in [6, 6.07) is 3.64. The van der Waals surface area contributed by atoms with Crippen LogP contribution in [0, 0.1) is 5.82 Å². The molecule has 92 valence electrons. The molecule has 0 spiro atoms. The summed E-state index contributed by atoms with van der Waals surface area (Å²) in [6.45, 7) is 3.89. The Balaban J connectivity index is 1.93. The second-order valence-electron chi connectivity index (χ2n) is 4.59. The van der Waals surface area contributed by atoms with Gasteiger partial charge in [0, 0.05) is 25.3 Å². The summed E-state index contributed by atoms with van der Waals surface area (Å²) >= 11 is 0. The maximum absolute atomic E-state index is 14.0. The number of nitrogens with zero attached hydrogens (tertiary/aromatic N) is 1. The number of halogens is 1. The van der Waals surface area contributed by atoms with Gasteiger partial charge in [-0.25, -0.2) is 4.39 Å². The fourth-order valence-electron chi connectivity index (χ4n) is 2.52. The first-order valence-corrected chi connectivity index (χ1v) is 6.23. The van der Waals surface area contributed by atoms with E-state index >= 15 is 0 Å². The predicted octanol–water partition coefficient (Wildman–Crippen LogP) is 2.02. The SMILES string of the molecule is Fc1cc2c(cc1N1CCOCC1)CCCN2. The summed E-state index contributed by atoms with van der Waals surface area (Å²) in [5.74, 6) is -0.125. The Morgan fingerprint density at radius 2 is 2.06 bits per heavy atom. The van der Waals surface area contributed by atoms with Gasteiger partial charge in [0.2, 0.25) is 0 Å². The van der Waals surface area contributed by atoms with Gasteiger partial charge in [-0.1, -0.05) is 0 Å². The Morgan fingerprint density at radius 3 is 2.88 bits per heavy atom. The first-order valence-electron chi connectivity index (χ1n) is 6.23. The number of morpholine rings is 1. The van der Waals surface area contributed by atoms with Crippen molar-refractivity contribution < 1.29 is 9.13 Å². The molecule has 17 heavy (non-hydrogen) atoms. The Bertz CT molecular complexity index is 416. The van der Waals surface area contributed by atoms with E-state index in [0.29, 0.717) is 13.2 Å². The molecule has 0 aliphatic carbocycles. The summed E-state index contributed by atoms with van der Waals surface area (Å²) < 4.78 is 19.3. The largest absolute Gasteiger partial charge is 0.385 e. The van der Waals surface area contributed by atoms with Crippen LogP contribution >= 0.6 is 0 Å². The summed E-state index contributed by atoms with van der Waals surface area (Å²) in [7, 11) is 0. The van der Waals surface area contributed by atoms with E-state index in [-0.39, 0.29) is 5.82 Å². The van der Waals surface area contributed by atoms with Crippen molar-refractivity contribution in [2.45, 2.75) is 12.8 Å². The molecule has 0 radical (unpaired) electrons. The molecule has 4 heteroatoms. The first kappa shape index (κ1) is 10.8. The molecule has 1 aromatic carbocycles. The van der Waals surface area contributed by atoms with E-state index in [4.69, 9.17) is 4.74 Å². The third-order valence-corrected chi connectivity index (χ3v) is 3.46. The molecule has 0 amide bonds. The molecule has 0 aromatic heterocycles. The smallest absolute Gasteiger partial charge is 0.148 e. The highest BCUT2D eigenvalue weighted by Gasteiger charge is 2.18. The van der Waals surface area contributed by atoms with Crippen molar-refractivity contribution in [3.63, 3.8) is 0 Å². The monoisotopic (exact) mass is 236 g/mol. The van der Waals surface area contributed by atoms with Gasteiger partial charge in [-0.05, 0) is 30.5 Å². The summed E-state index contributed by atoms with van der Waals surface area (Å²) in [6.07, 6.45) is 2.17. The zero-order valence-electron chi connectivity index (χ0n) is 9.84. The minimum absolute atomic E-state index is 0.125. The zero-order chi connectivity index (χ0) is 11.7. The lowest BCUT2D eigenvalue weighted by atomic mass is 10.0. The van der Waals surface area contributed by atoms with Crippen molar-refractivity contribution in [3.8, 4) is 0 Å². The number of aryl methyl sites for hydroxylation is 1. The standard InChI is InChI=1S/C13H17FN2O/c14-11-9-12-10(2-1-3-15-12)8-13(11)16-4-6-17-7-5-16/h8-9,15H,1-7H2. The average molecular weight is 236 g/mol. The van der Waals surface area contributed by atoms with E-state index in [1.54, 1.807) is 6.07 Å². The first-order chi connectivity index (χ1) is 8.34. The fourth-order valence-corrected chi connectivity index (χ4v) is 2.52. The summed E-state index contributed by atoms with van der Waals surface area (Å²) in [4.78, 5) is 2.08. The molecule has 0 unspecified atom stereocenters. The number of hydrogen-bond acceptors (Lipinski definition) is 3. The molecule has 0 atom stereocenters. The maximum atomic E-state index is 14.0. The van der Waals surface area contributed by atoms with Crippen molar-refractivity contribution in [3.05, 3.63) is 23.5 Å². The van der Waals surface area contributed by atoms with Crippen LogP contribution in [0.3, 0.4) is 0 Å². The normalized spacial score (nSPS) is 19.7. The van der Waals surface area contributed by atoms with E-state index in [1.807, 2.05) is 6.07 Å². The van der Waals surface area contributed by atoms with Gasteiger partial charge < -0.3 is 15.0 Å². The fraction of sp³-hybridized carbons (Fsp3) is 0.538. The minimum Gasteiger partial charge on any atom is -0.385 e. The van der Waals surface area contributed by atoms with Crippen LogP contribution in [-0.2, 0) is 11.2 Å². The third-order valence-electron chi connectivity index (χ3n) is 3.46. The molecular weight excluding hydrogens is 219 g/mol. The molecule has 3 rings (SSSR count). The molecule has 1 saturated heterocycles. The lowest BCUT2D eigenvalue weighted by molar-refractivity contribution is 0.122. The number of fused-ring (bicyclic) bond motifs is 1. The Kier molecular flexibility index (Phi) is 2.89. The van der Waals surface area contributed by atoms with Gasteiger partial charge in [-0.15, -0.1) is 0 Å². The third kappa shape index (κ3) is 2.09. The number of anilines is 2. The zero-order valence-corrected chi connectivity index (χ0v) is 9.84. The average Bonchev–Trinajstić information content (AvgIpc) is 2.39. The van der Waals surface area contributed by atoms with Crippen molar-refractivity contribution in [1.82, 2.24) is 0 Å². The van der Waals surface area contributed by atoms with Crippen LogP contribution in [0.1, 0.15) is 12.0 Å². The summed E-state index contributed by atoms with van der Waals surface area (Å²) in [5, 5.41) is 3.25. The number of ether oxygens (including phenoxy) is 1. The maximum Gasteiger partial charge on any atom is 0.148 e. The van der Waals surface area contributed by atoms with Crippen LogP contribution in [0.5, 0.6) is 0 Å². The number of hydrogen-bond donors (Lipinski definition) is 1. The van der Waals surface area contributed by atoms with Crippen LogP contribution in [0.2, 0.25) is 0 Å². The van der Waals surface area contributed by atoms with E-state index in [1.165, 1.54) is 5.56 Å². The van der Waals surface area contributed by atoms with Crippen molar-refractivity contribution in [2.75, 3.05) is 43.1 Å². The molecule has 0 saturated carbocycles. The van der Waals surface area contributed by atoms with Gasteiger partial charge in [0.25, 0.3) is 0 Å². The van der Waals surface area contributed by atoms with E-state index in [9.17, 15) is 4.39 Å². The molecule has 1 N–H and O–H groups in total. The Hall–Kier alpha value is -1.29. The second kappa shape index (κ2) is 4.53. The molecule has 2 aliphatic rings. The van der Waals surface area contributed by atoms with E-state index in [2.05, 4.69) is 10.2 Å². The molecule has 0 bridgehead atoms. The van der Waals surface area contributed by atoms with Crippen molar-refractivity contribution >= 4 is 11.4 Å². The van der Waals surface area contributed by atoms with E-state index in [0.717, 1.165) is 43.9 Å². The Labute approximate surface area is 101 Å². The van der Waals surface area contributed by atoms with Crippen LogP contribution in [0.25, 0.3) is 0 Å². The van der Waals surface area contributed by atoms with Crippen LogP contribution in [0.15, 0.2) is 12.1 Å². The van der Waals surface area contributed by atoms with Gasteiger partial charge in [0.05, 0.1) is 18.9 Å².